The summed E-state index contributed by atoms with van der Waals surface area (Å²) in [6.45, 7) is 2.13. The molecule has 0 radical (unpaired) electrons. The fourth-order valence-electron chi connectivity index (χ4n) is 1.79. The molecule has 0 spiro atoms. The van der Waals surface area contributed by atoms with E-state index in [0.717, 1.165) is 5.56 Å². The largest absolute Gasteiger partial charge is 0.496 e. The molecular formula is C14H22N2O4. The number of carbonyl (C=O) groups excluding carboxylic acids is 1. The molecule has 0 fully saturated rings. The lowest BCUT2D eigenvalue weighted by atomic mass is 10.1. The van der Waals surface area contributed by atoms with Crippen LogP contribution in [0.25, 0.3) is 0 Å². The number of nitrogens with one attached hydrogen (secondary N) is 1. The van der Waals surface area contributed by atoms with Gasteiger partial charge in [-0.25, -0.2) is 0 Å². The van der Waals surface area contributed by atoms with Gasteiger partial charge in [-0.2, -0.15) is 0 Å². The number of rotatable bonds is 7. The number of benzene rings is 1. The van der Waals surface area contributed by atoms with Crippen molar-refractivity contribution in [1.82, 2.24) is 5.32 Å². The van der Waals surface area contributed by atoms with Gasteiger partial charge in [0.15, 0.2) is 11.5 Å². The minimum absolute atomic E-state index is 0.100. The van der Waals surface area contributed by atoms with Crippen LogP contribution < -0.4 is 25.3 Å². The van der Waals surface area contributed by atoms with Gasteiger partial charge in [0.25, 0.3) is 0 Å². The maximum absolute atomic E-state index is 11.6. The molecule has 0 aliphatic rings. The van der Waals surface area contributed by atoms with E-state index < -0.39 is 0 Å². The first-order valence-electron chi connectivity index (χ1n) is 6.33. The second kappa shape index (κ2) is 7.59. The lowest BCUT2D eigenvalue weighted by Gasteiger charge is -2.15. The first kappa shape index (κ1) is 16.1. The highest BCUT2D eigenvalue weighted by molar-refractivity contribution is 5.76. The Morgan fingerprint density at radius 3 is 2.20 bits per heavy atom. The molecule has 112 valence electrons. The number of hydrogen-bond acceptors (Lipinski definition) is 5. The number of methoxy groups -OCH3 is 3. The SMILES string of the molecule is COc1cc(OC)c(OC)cc1CNC(=O)CC(C)N. The quantitative estimate of drug-likeness (QED) is 0.781. The summed E-state index contributed by atoms with van der Waals surface area (Å²) in [5, 5.41) is 2.80. The van der Waals surface area contributed by atoms with Gasteiger partial charge in [0.1, 0.15) is 5.75 Å². The molecule has 1 aromatic carbocycles. The van der Waals surface area contributed by atoms with Gasteiger partial charge < -0.3 is 25.3 Å². The second-order valence-corrected chi connectivity index (χ2v) is 4.48. The summed E-state index contributed by atoms with van der Waals surface area (Å²) >= 11 is 0. The van der Waals surface area contributed by atoms with Gasteiger partial charge >= 0.3 is 0 Å². The predicted molar refractivity (Wildman–Crippen MR) is 76.2 cm³/mol. The van der Waals surface area contributed by atoms with Crippen molar-refractivity contribution in [2.75, 3.05) is 21.3 Å². The lowest BCUT2D eigenvalue weighted by molar-refractivity contribution is -0.121. The molecule has 0 heterocycles. The zero-order valence-corrected chi connectivity index (χ0v) is 12.4. The van der Waals surface area contributed by atoms with Gasteiger partial charge in [0.05, 0.1) is 21.3 Å². The highest BCUT2D eigenvalue weighted by Gasteiger charge is 2.13. The van der Waals surface area contributed by atoms with Gasteiger partial charge in [0, 0.05) is 30.6 Å². The maximum atomic E-state index is 11.6. The topological polar surface area (TPSA) is 82.8 Å². The average molecular weight is 282 g/mol. The number of carbonyl (C=O) groups is 1. The third kappa shape index (κ3) is 4.31. The van der Waals surface area contributed by atoms with Crippen molar-refractivity contribution in [3.8, 4) is 17.2 Å². The van der Waals surface area contributed by atoms with Crippen molar-refractivity contribution in [1.29, 1.82) is 0 Å². The molecule has 1 aromatic rings. The van der Waals surface area contributed by atoms with E-state index in [1.54, 1.807) is 40.4 Å². The van der Waals surface area contributed by atoms with E-state index in [9.17, 15) is 4.79 Å². The standard InChI is InChI=1S/C14H22N2O4/c1-9(15)5-14(17)16-8-10-6-12(19-3)13(20-4)7-11(10)18-2/h6-7,9H,5,8,15H2,1-4H3,(H,16,17). The molecule has 1 rings (SSSR count). The van der Waals surface area contributed by atoms with Crippen molar-refractivity contribution in [2.24, 2.45) is 5.73 Å². The summed E-state index contributed by atoms with van der Waals surface area (Å²) in [6, 6.07) is 3.35. The van der Waals surface area contributed by atoms with Crippen molar-refractivity contribution in [2.45, 2.75) is 25.9 Å². The Bertz CT molecular complexity index is 461. The minimum atomic E-state index is -0.165. The number of nitrogens with two attached hydrogens (primary N) is 1. The highest BCUT2D eigenvalue weighted by Crippen LogP contribution is 2.34. The van der Waals surface area contributed by atoms with E-state index in [2.05, 4.69) is 5.32 Å². The number of amides is 1. The molecule has 6 nitrogen and oxygen atoms in total. The van der Waals surface area contributed by atoms with Crippen molar-refractivity contribution < 1.29 is 19.0 Å². The minimum Gasteiger partial charge on any atom is -0.496 e. The van der Waals surface area contributed by atoms with Crippen LogP contribution in [0.3, 0.4) is 0 Å². The van der Waals surface area contributed by atoms with Gasteiger partial charge in [-0.05, 0) is 13.0 Å². The molecule has 1 amide bonds. The van der Waals surface area contributed by atoms with Crippen molar-refractivity contribution >= 4 is 5.91 Å². The molecule has 0 aromatic heterocycles. The molecule has 0 saturated heterocycles. The third-order valence-electron chi connectivity index (χ3n) is 2.77. The zero-order chi connectivity index (χ0) is 15.1. The monoisotopic (exact) mass is 282 g/mol. The molecule has 0 saturated carbocycles. The van der Waals surface area contributed by atoms with Gasteiger partial charge in [0.2, 0.25) is 5.91 Å². The van der Waals surface area contributed by atoms with Crippen LogP contribution in [-0.4, -0.2) is 33.3 Å². The molecule has 6 heteroatoms. The number of ether oxygens (including phenoxy) is 3. The van der Waals surface area contributed by atoms with Gasteiger partial charge in [-0.1, -0.05) is 0 Å². The summed E-state index contributed by atoms with van der Waals surface area (Å²) in [5.74, 6) is 1.69. The summed E-state index contributed by atoms with van der Waals surface area (Å²) in [4.78, 5) is 11.6. The fraction of sp³-hybridized carbons (Fsp3) is 0.500. The van der Waals surface area contributed by atoms with E-state index in [4.69, 9.17) is 19.9 Å². The Labute approximate surface area is 119 Å². The van der Waals surface area contributed by atoms with E-state index in [1.165, 1.54) is 0 Å². The van der Waals surface area contributed by atoms with Crippen LogP contribution in [0.15, 0.2) is 12.1 Å². The van der Waals surface area contributed by atoms with Crippen LogP contribution in [0.2, 0.25) is 0 Å². The molecule has 3 N–H and O–H groups in total. The van der Waals surface area contributed by atoms with Gasteiger partial charge in [-0.15, -0.1) is 0 Å². The highest BCUT2D eigenvalue weighted by atomic mass is 16.5. The van der Waals surface area contributed by atoms with Crippen LogP contribution >= 0.6 is 0 Å². The van der Waals surface area contributed by atoms with E-state index in [-0.39, 0.29) is 18.4 Å². The first-order chi connectivity index (χ1) is 9.51. The summed E-state index contributed by atoms with van der Waals surface area (Å²) in [7, 11) is 4.68. The maximum Gasteiger partial charge on any atom is 0.221 e. The smallest absolute Gasteiger partial charge is 0.221 e. The van der Waals surface area contributed by atoms with E-state index >= 15 is 0 Å². The molecule has 0 aliphatic carbocycles. The number of hydrogen-bond donors (Lipinski definition) is 2. The Morgan fingerprint density at radius 1 is 1.15 bits per heavy atom. The van der Waals surface area contributed by atoms with Crippen molar-refractivity contribution in [3.63, 3.8) is 0 Å². The fourth-order valence-corrected chi connectivity index (χ4v) is 1.79. The van der Waals surface area contributed by atoms with E-state index in [1.807, 2.05) is 0 Å². The normalized spacial score (nSPS) is 11.7. The first-order valence-corrected chi connectivity index (χ1v) is 6.33. The van der Waals surface area contributed by atoms with Crippen LogP contribution in [0, 0.1) is 0 Å². The van der Waals surface area contributed by atoms with Crippen LogP contribution in [-0.2, 0) is 11.3 Å². The van der Waals surface area contributed by atoms with Crippen LogP contribution in [0.5, 0.6) is 17.2 Å². The molecule has 1 unspecified atom stereocenters. The lowest BCUT2D eigenvalue weighted by Crippen LogP contribution is -2.29. The van der Waals surface area contributed by atoms with Gasteiger partial charge in [-0.3, -0.25) is 4.79 Å². The van der Waals surface area contributed by atoms with Crippen LogP contribution in [0.1, 0.15) is 18.9 Å². The predicted octanol–water partition coefficient (Wildman–Crippen LogP) is 1.07. The summed E-state index contributed by atoms with van der Waals surface area (Å²) in [6.07, 6.45) is 0.287. The molecule has 0 bridgehead atoms. The molecule has 1 atom stereocenters. The Morgan fingerprint density at radius 2 is 1.70 bits per heavy atom. The molecule has 0 aliphatic heterocycles. The summed E-state index contributed by atoms with van der Waals surface area (Å²) in [5.41, 5.74) is 6.39. The molecule has 20 heavy (non-hydrogen) atoms. The second-order valence-electron chi connectivity index (χ2n) is 4.48. The Kier molecular flexibility index (Phi) is 6.11. The zero-order valence-electron chi connectivity index (χ0n) is 12.4. The Hall–Kier alpha value is -1.95. The average Bonchev–Trinajstić information content (AvgIpc) is 2.43. The van der Waals surface area contributed by atoms with Crippen molar-refractivity contribution in [3.05, 3.63) is 17.7 Å². The van der Waals surface area contributed by atoms with E-state index in [0.29, 0.717) is 23.8 Å². The van der Waals surface area contributed by atoms with Crippen LogP contribution in [0.4, 0.5) is 0 Å². The Balaban J connectivity index is 2.85. The third-order valence-corrected chi connectivity index (χ3v) is 2.77. The summed E-state index contributed by atoms with van der Waals surface area (Å²) < 4.78 is 15.7. The molecular weight excluding hydrogens is 260 g/mol.